The van der Waals surface area contributed by atoms with Gasteiger partial charge in [0.25, 0.3) is 0 Å². The van der Waals surface area contributed by atoms with Crippen molar-refractivity contribution in [1.82, 2.24) is 14.3 Å². The Kier molecular flexibility index (Phi) is 6.36. The number of halogens is 3. The number of nitrogens with one attached hydrogen (secondary N) is 1. The van der Waals surface area contributed by atoms with Crippen LogP contribution in [0.4, 0.5) is 28.8 Å². The van der Waals surface area contributed by atoms with E-state index in [4.69, 9.17) is 0 Å². The molecule has 0 spiro atoms. The van der Waals surface area contributed by atoms with E-state index in [9.17, 15) is 18.0 Å². The van der Waals surface area contributed by atoms with Crippen molar-refractivity contribution in [1.29, 1.82) is 0 Å². The molecule has 2 heterocycles. The fourth-order valence-electron chi connectivity index (χ4n) is 3.32. The van der Waals surface area contributed by atoms with Crippen molar-refractivity contribution in [2.24, 2.45) is 0 Å². The Morgan fingerprint density at radius 3 is 2.58 bits per heavy atom. The predicted octanol–water partition coefficient (Wildman–Crippen LogP) is 4.29. The van der Waals surface area contributed by atoms with E-state index in [0.29, 0.717) is 31.9 Å². The number of aromatic nitrogens is 2. The van der Waals surface area contributed by atoms with Crippen LogP contribution in [-0.4, -0.2) is 46.5 Å². The first kappa shape index (κ1) is 21.1. The fraction of sp³-hybridized carbons (Fsp3) is 0.286. The van der Waals surface area contributed by atoms with Crippen LogP contribution in [0.25, 0.3) is 0 Å². The van der Waals surface area contributed by atoms with E-state index in [1.165, 1.54) is 29.7 Å². The van der Waals surface area contributed by atoms with Crippen LogP contribution >= 0.6 is 11.5 Å². The van der Waals surface area contributed by atoms with Crippen LogP contribution in [-0.2, 0) is 6.42 Å². The van der Waals surface area contributed by atoms with Crippen molar-refractivity contribution in [2.75, 3.05) is 36.4 Å². The second kappa shape index (κ2) is 9.34. The summed E-state index contributed by atoms with van der Waals surface area (Å²) in [5, 5.41) is 3.38. The van der Waals surface area contributed by atoms with Gasteiger partial charge in [-0.1, -0.05) is 12.1 Å². The molecule has 2 amide bonds. The van der Waals surface area contributed by atoms with Crippen LogP contribution in [0.1, 0.15) is 17.8 Å². The number of benzene rings is 2. The van der Waals surface area contributed by atoms with E-state index >= 15 is 0 Å². The zero-order chi connectivity index (χ0) is 21.8. The summed E-state index contributed by atoms with van der Waals surface area (Å²) < 4.78 is 43.9. The average molecular weight is 447 g/mol. The molecule has 0 atom stereocenters. The van der Waals surface area contributed by atoms with Gasteiger partial charge >= 0.3 is 6.03 Å². The van der Waals surface area contributed by atoms with Gasteiger partial charge in [0.05, 0.1) is 0 Å². The quantitative estimate of drug-likeness (QED) is 0.648. The van der Waals surface area contributed by atoms with Crippen LogP contribution in [0.2, 0.25) is 0 Å². The van der Waals surface area contributed by atoms with Gasteiger partial charge in [-0.2, -0.15) is 4.37 Å². The fourth-order valence-corrected chi connectivity index (χ4v) is 4.05. The molecule has 0 saturated carbocycles. The van der Waals surface area contributed by atoms with Crippen LogP contribution in [0.15, 0.2) is 42.5 Å². The van der Waals surface area contributed by atoms with Crippen LogP contribution < -0.4 is 10.2 Å². The maximum absolute atomic E-state index is 13.4. The first-order chi connectivity index (χ1) is 15.0. The van der Waals surface area contributed by atoms with E-state index in [1.807, 2.05) is 0 Å². The molecule has 3 aromatic rings. The Bertz CT molecular complexity index is 1060. The summed E-state index contributed by atoms with van der Waals surface area (Å²) in [4.78, 5) is 20.8. The lowest BCUT2D eigenvalue weighted by Crippen LogP contribution is -2.38. The summed E-state index contributed by atoms with van der Waals surface area (Å²) in [5.74, 6) is -1.57. The van der Waals surface area contributed by atoms with Gasteiger partial charge in [-0.3, -0.25) is 0 Å². The van der Waals surface area contributed by atoms with Crippen molar-refractivity contribution >= 4 is 28.4 Å². The largest absolute Gasteiger partial charge is 0.345 e. The molecule has 0 aliphatic carbocycles. The number of carbonyl (C=O) groups excluding carboxylic acids is 1. The molecule has 0 unspecified atom stereocenters. The summed E-state index contributed by atoms with van der Waals surface area (Å²) in [6.45, 7) is 2.30. The number of hydrogen-bond donors (Lipinski definition) is 1. The summed E-state index contributed by atoms with van der Waals surface area (Å²) in [5.41, 5.74) is 1.14. The zero-order valence-corrected chi connectivity index (χ0v) is 17.3. The highest BCUT2D eigenvalue weighted by Crippen LogP contribution is 2.21. The van der Waals surface area contributed by atoms with Gasteiger partial charge in [0.15, 0.2) is 11.6 Å². The Morgan fingerprint density at radius 2 is 1.81 bits per heavy atom. The van der Waals surface area contributed by atoms with Gasteiger partial charge in [0.1, 0.15) is 11.6 Å². The third-order valence-corrected chi connectivity index (χ3v) is 5.77. The molecule has 1 fully saturated rings. The SMILES string of the molecule is O=C(Nc1ccc(F)c(F)c1)N1CCCN(c2nc(Cc3ccc(F)cc3)ns2)CC1. The van der Waals surface area contributed by atoms with E-state index in [-0.39, 0.29) is 17.5 Å². The molecule has 6 nitrogen and oxygen atoms in total. The van der Waals surface area contributed by atoms with Crippen LogP contribution in [0.3, 0.4) is 0 Å². The van der Waals surface area contributed by atoms with Crippen molar-refractivity contribution in [2.45, 2.75) is 12.8 Å². The smallest absolute Gasteiger partial charge is 0.321 e. The van der Waals surface area contributed by atoms with Crippen LogP contribution in [0.5, 0.6) is 0 Å². The number of hydrogen-bond acceptors (Lipinski definition) is 5. The molecular formula is C21H20F3N5OS. The number of rotatable bonds is 4. The molecular weight excluding hydrogens is 427 g/mol. The molecule has 31 heavy (non-hydrogen) atoms. The molecule has 1 aliphatic heterocycles. The van der Waals surface area contributed by atoms with Crippen LogP contribution in [0, 0.1) is 17.5 Å². The molecule has 1 N–H and O–H groups in total. The van der Waals surface area contributed by atoms with E-state index < -0.39 is 11.6 Å². The minimum Gasteiger partial charge on any atom is -0.345 e. The van der Waals surface area contributed by atoms with Crippen molar-refractivity contribution in [3.8, 4) is 0 Å². The highest BCUT2D eigenvalue weighted by molar-refractivity contribution is 7.09. The summed E-state index contributed by atoms with van der Waals surface area (Å²) >= 11 is 1.30. The van der Waals surface area contributed by atoms with Crippen molar-refractivity contribution < 1.29 is 18.0 Å². The summed E-state index contributed by atoms with van der Waals surface area (Å²) in [7, 11) is 0. The molecule has 10 heteroatoms. The van der Waals surface area contributed by atoms with Crippen molar-refractivity contribution in [3.05, 3.63) is 71.3 Å². The van der Waals surface area contributed by atoms with Crippen molar-refractivity contribution in [3.63, 3.8) is 0 Å². The molecule has 2 aromatic carbocycles. The normalized spacial score (nSPS) is 14.4. The predicted molar refractivity (Wildman–Crippen MR) is 113 cm³/mol. The zero-order valence-electron chi connectivity index (χ0n) is 16.5. The molecule has 4 rings (SSSR count). The van der Waals surface area contributed by atoms with Gasteiger partial charge in [-0.15, -0.1) is 0 Å². The lowest BCUT2D eigenvalue weighted by molar-refractivity contribution is 0.215. The monoisotopic (exact) mass is 447 g/mol. The van der Waals surface area contributed by atoms with E-state index in [2.05, 4.69) is 19.6 Å². The maximum atomic E-state index is 13.4. The highest BCUT2D eigenvalue weighted by Gasteiger charge is 2.21. The minimum atomic E-state index is -1.01. The summed E-state index contributed by atoms with van der Waals surface area (Å²) in [6.07, 6.45) is 1.26. The van der Waals surface area contributed by atoms with E-state index in [1.54, 1.807) is 17.0 Å². The van der Waals surface area contributed by atoms with Gasteiger partial charge in [-0.05, 0) is 36.2 Å². The third kappa shape index (κ3) is 5.32. The minimum absolute atomic E-state index is 0.208. The number of anilines is 2. The standard InChI is InChI=1S/C21H20F3N5OS/c22-15-4-2-14(3-5-15)12-19-26-21(31-27-19)29-9-1-8-28(10-11-29)20(30)25-16-6-7-17(23)18(24)13-16/h2-7,13H,1,8-12H2,(H,25,30). The Labute approximate surface area is 181 Å². The molecule has 1 saturated heterocycles. The second-order valence-electron chi connectivity index (χ2n) is 7.18. The third-order valence-electron chi connectivity index (χ3n) is 4.96. The second-order valence-corrected chi connectivity index (χ2v) is 7.91. The lowest BCUT2D eigenvalue weighted by Gasteiger charge is -2.22. The lowest BCUT2D eigenvalue weighted by atomic mass is 10.1. The summed E-state index contributed by atoms with van der Waals surface area (Å²) in [6, 6.07) is 9.16. The number of amides is 2. The molecule has 1 aromatic heterocycles. The molecule has 0 radical (unpaired) electrons. The van der Waals surface area contributed by atoms with E-state index in [0.717, 1.165) is 35.8 Å². The highest BCUT2D eigenvalue weighted by atomic mass is 32.1. The first-order valence-electron chi connectivity index (χ1n) is 9.81. The van der Waals surface area contributed by atoms with Gasteiger partial charge in [0.2, 0.25) is 5.13 Å². The average Bonchev–Trinajstić information content (AvgIpc) is 3.07. The first-order valence-corrected chi connectivity index (χ1v) is 10.6. The van der Waals surface area contributed by atoms with Gasteiger partial charge < -0.3 is 15.1 Å². The number of carbonyl (C=O) groups is 1. The van der Waals surface area contributed by atoms with Gasteiger partial charge in [-0.25, -0.2) is 22.9 Å². The number of urea groups is 1. The Morgan fingerprint density at radius 1 is 1.00 bits per heavy atom. The number of nitrogens with zero attached hydrogens (tertiary/aromatic N) is 4. The maximum Gasteiger partial charge on any atom is 0.321 e. The topological polar surface area (TPSA) is 61.4 Å². The van der Waals surface area contributed by atoms with Gasteiger partial charge in [0, 0.05) is 55.9 Å². The molecule has 1 aliphatic rings. The Hall–Kier alpha value is -3.14. The molecule has 162 valence electrons. The Balaban J connectivity index is 1.34. The molecule has 0 bridgehead atoms.